The summed E-state index contributed by atoms with van der Waals surface area (Å²) in [6.45, 7) is 5.98. The van der Waals surface area contributed by atoms with Gasteiger partial charge in [0.1, 0.15) is 0 Å². The third-order valence-corrected chi connectivity index (χ3v) is 2.76. The quantitative estimate of drug-likeness (QED) is 0.434. The zero-order valence-electron chi connectivity index (χ0n) is 9.41. The van der Waals surface area contributed by atoms with Crippen molar-refractivity contribution >= 4 is 17.5 Å². The van der Waals surface area contributed by atoms with Gasteiger partial charge in [0.15, 0.2) is 5.78 Å². The van der Waals surface area contributed by atoms with Crippen LogP contribution in [-0.2, 0) is 0 Å². The van der Waals surface area contributed by atoms with E-state index in [0.29, 0.717) is 0 Å². The Morgan fingerprint density at radius 1 is 1.27 bits per heavy atom. The summed E-state index contributed by atoms with van der Waals surface area (Å²) in [5, 5.41) is 0. The minimum absolute atomic E-state index is 0.0862. The molecular formula is C13H16OS. The summed E-state index contributed by atoms with van der Waals surface area (Å²) in [5.74, 6) is 1.14. The number of carbonyl (C=O) groups is 1. The molecule has 0 aliphatic carbocycles. The van der Waals surface area contributed by atoms with Gasteiger partial charge in [-0.25, -0.2) is 0 Å². The predicted octanol–water partition coefficient (Wildman–Crippen LogP) is 3.95. The lowest BCUT2D eigenvalue weighted by molar-refractivity contribution is 0.104. The Bertz CT molecular complexity index is 359. The lowest BCUT2D eigenvalue weighted by Crippen LogP contribution is -1.94. The first-order valence-corrected chi connectivity index (χ1v) is 6.04. The van der Waals surface area contributed by atoms with Crippen molar-refractivity contribution in [3.05, 3.63) is 41.5 Å². The molecule has 0 bridgehead atoms. The summed E-state index contributed by atoms with van der Waals surface area (Å²) >= 11 is 1.78. The van der Waals surface area contributed by atoms with E-state index in [2.05, 4.69) is 6.92 Å². The average molecular weight is 220 g/mol. The van der Waals surface area contributed by atoms with Crippen molar-refractivity contribution in [1.29, 1.82) is 0 Å². The van der Waals surface area contributed by atoms with E-state index in [9.17, 15) is 4.79 Å². The van der Waals surface area contributed by atoms with E-state index in [0.717, 1.165) is 16.9 Å². The lowest BCUT2D eigenvalue weighted by Gasteiger charge is -2.00. The van der Waals surface area contributed by atoms with Crippen molar-refractivity contribution in [3.63, 3.8) is 0 Å². The van der Waals surface area contributed by atoms with Crippen LogP contribution >= 0.6 is 11.8 Å². The molecule has 0 amide bonds. The molecule has 0 N–H and O–H groups in total. The van der Waals surface area contributed by atoms with E-state index in [1.165, 1.54) is 4.90 Å². The Morgan fingerprint density at radius 3 is 2.33 bits per heavy atom. The zero-order valence-corrected chi connectivity index (χ0v) is 10.2. The standard InChI is InChI=1S/C13H16OS/c1-4-15-12-7-5-11(6-8-12)13(14)9-10(2)3/h5-9H,4H2,1-3H3. The van der Waals surface area contributed by atoms with Gasteiger partial charge in [-0.3, -0.25) is 4.79 Å². The Balaban J connectivity index is 2.80. The molecule has 1 nitrogen and oxygen atoms in total. The topological polar surface area (TPSA) is 17.1 Å². The van der Waals surface area contributed by atoms with Gasteiger partial charge in [-0.2, -0.15) is 0 Å². The maximum absolute atomic E-state index is 11.6. The second kappa shape index (κ2) is 5.76. The number of hydrogen-bond acceptors (Lipinski definition) is 2. The van der Waals surface area contributed by atoms with Crippen LogP contribution in [0.15, 0.2) is 40.8 Å². The third kappa shape index (κ3) is 3.92. The van der Waals surface area contributed by atoms with Crippen LogP contribution < -0.4 is 0 Å². The van der Waals surface area contributed by atoms with Crippen LogP contribution in [0.2, 0.25) is 0 Å². The van der Waals surface area contributed by atoms with Gasteiger partial charge in [0, 0.05) is 10.5 Å². The molecule has 0 saturated heterocycles. The summed E-state index contributed by atoms with van der Waals surface area (Å²) in [4.78, 5) is 12.9. The number of hydrogen-bond donors (Lipinski definition) is 0. The first-order chi connectivity index (χ1) is 7.13. The zero-order chi connectivity index (χ0) is 11.3. The van der Waals surface area contributed by atoms with Crippen LogP contribution in [0.3, 0.4) is 0 Å². The molecule has 0 spiro atoms. The molecule has 80 valence electrons. The predicted molar refractivity (Wildman–Crippen MR) is 66.6 cm³/mol. The van der Waals surface area contributed by atoms with E-state index in [1.807, 2.05) is 38.1 Å². The molecule has 1 rings (SSSR count). The van der Waals surface area contributed by atoms with Gasteiger partial charge < -0.3 is 0 Å². The fourth-order valence-electron chi connectivity index (χ4n) is 1.23. The number of carbonyl (C=O) groups excluding carboxylic acids is 1. The second-order valence-electron chi connectivity index (χ2n) is 3.54. The first kappa shape index (κ1) is 12.1. The van der Waals surface area contributed by atoms with Crippen molar-refractivity contribution < 1.29 is 4.79 Å². The molecule has 0 heterocycles. The largest absolute Gasteiger partial charge is 0.289 e. The molecule has 0 aromatic heterocycles. The highest BCUT2D eigenvalue weighted by molar-refractivity contribution is 7.99. The van der Waals surface area contributed by atoms with Crippen LogP contribution in [0.5, 0.6) is 0 Å². The monoisotopic (exact) mass is 220 g/mol. The molecule has 0 aliphatic rings. The number of rotatable bonds is 4. The van der Waals surface area contributed by atoms with Crippen LogP contribution in [0, 0.1) is 0 Å². The smallest absolute Gasteiger partial charge is 0.185 e. The van der Waals surface area contributed by atoms with Gasteiger partial charge in [-0.1, -0.05) is 12.5 Å². The molecule has 0 aliphatic heterocycles. The Kier molecular flexibility index (Phi) is 4.63. The van der Waals surface area contributed by atoms with E-state index >= 15 is 0 Å². The normalized spacial score (nSPS) is 9.80. The molecule has 1 aromatic carbocycles. The van der Waals surface area contributed by atoms with E-state index < -0.39 is 0 Å². The third-order valence-electron chi connectivity index (χ3n) is 1.87. The molecule has 1 aromatic rings. The van der Waals surface area contributed by atoms with Crippen molar-refractivity contribution in [2.75, 3.05) is 5.75 Å². The summed E-state index contributed by atoms with van der Waals surface area (Å²) in [5.41, 5.74) is 1.80. The van der Waals surface area contributed by atoms with Crippen molar-refractivity contribution in [2.45, 2.75) is 25.7 Å². The van der Waals surface area contributed by atoms with Crippen molar-refractivity contribution in [2.24, 2.45) is 0 Å². The minimum Gasteiger partial charge on any atom is -0.289 e. The maximum Gasteiger partial charge on any atom is 0.185 e. The highest BCUT2D eigenvalue weighted by atomic mass is 32.2. The second-order valence-corrected chi connectivity index (χ2v) is 4.88. The SMILES string of the molecule is CCSc1ccc(C(=O)C=C(C)C)cc1. The fraction of sp³-hybridized carbons (Fsp3) is 0.308. The van der Waals surface area contributed by atoms with Crippen LogP contribution in [0.4, 0.5) is 0 Å². The Morgan fingerprint density at radius 2 is 1.87 bits per heavy atom. The molecule has 0 atom stereocenters. The van der Waals surface area contributed by atoms with Gasteiger partial charge >= 0.3 is 0 Å². The highest BCUT2D eigenvalue weighted by Crippen LogP contribution is 2.18. The fourth-order valence-corrected chi connectivity index (χ4v) is 1.89. The van der Waals surface area contributed by atoms with Crippen LogP contribution in [-0.4, -0.2) is 11.5 Å². The van der Waals surface area contributed by atoms with E-state index in [4.69, 9.17) is 0 Å². The molecule has 0 saturated carbocycles. The van der Waals surface area contributed by atoms with E-state index in [1.54, 1.807) is 17.8 Å². The first-order valence-electron chi connectivity index (χ1n) is 5.05. The molecule has 15 heavy (non-hydrogen) atoms. The minimum atomic E-state index is 0.0862. The Hall–Kier alpha value is -1.02. The van der Waals surface area contributed by atoms with Gasteiger partial charge in [0.2, 0.25) is 0 Å². The van der Waals surface area contributed by atoms with Gasteiger partial charge in [-0.05, 0) is 49.9 Å². The summed E-state index contributed by atoms with van der Waals surface area (Å²) in [6, 6.07) is 7.78. The summed E-state index contributed by atoms with van der Waals surface area (Å²) in [7, 11) is 0. The number of thioether (sulfide) groups is 1. The Labute approximate surface area is 95.6 Å². The van der Waals surface area contributed by atoms with Gasteiger partial charge in [0.05, 0.1) is 0 Å². The molecule has 0 radical (unpaired) electrons. The lowest BCUT2D eigenvalue weighted by atomic mass is 10.1. The van der Waals surface area contributed by atoms with E-state index in [-0.39, 0.29) is 5.78 Å². The summed E-state index contributed by atoms with van der Waals surface area (Å²) in [6.07, 6.45) is 1.67. The molecular weight excluding hydrogens is 204 g/mol. The molecule has 0 fully saturated rings. The number of benzene rings is 1. The highest BCUT2D eigenvalue weighted by Gasteiger charge is 2.01. The van der Waals surface area contributed by atoms with Crippen LogP contribution in [0.1, 0.15) is 31.1 Å². The van der Waals surface area contributed by atoms with Crippen molar-refractivity contribution in [1.82, 2.24) is 0 Å². The molecule has 2 heteroatoms. The van der Waals surface area contributed by atoms with Gasteiger partial charge in [-0.15, -0.1) is 11.8 Å². The number of allylic oxidation sites excluding steroid dienone is 2. The number of ketones is 1. The molecule has 0 unspecified atom stereocenters. The summed E-state index contributed by atoms with van der Waals surface area (Å²) < 4.78 is 0. The average Bonchev–Trinajstić information content (AvgIpc) is 2.18. The van der Waals surface area contributed by atoms with Crippen molar-refractivity contribution in [3.8, 4) is 0 Å². The maximum atomic E-state index is 11.6. The van der Waals surface area contributed by atoms with Gasteiger partial charge in [0.25, 0.3) is 0 Å². The van der Waals surface area contributed by atoms with Crippen LogP contribution in [0.25, 0.3) is 0 Å².